The van der Waals surface area contributed by atoms with Crippen LogP contribution in [0.1, 0.15) is 28.7 Å². The van der Waals surface area contributed by atoms with Crippen LogP contribution < -0.4 is 4.90 Å². The highest BCUT2D eigenvalue weighted by Crippen LogP contribution is 2.19. The number of rotatable bonds is 3. The van der Waals surface area contributed by atoms with Gasteiger partial charge in [-0.2, -0.15) is 0 Å². The molecule has 6 nitrogen and oxygen atoms in total. The predicted molar refractivity (Wildman–Crippen MR) is 89.7 cm³/mol. The van der Waals surface area contributed by atoms with Gasteiger partial charge in [0.05, 0.1) is 5.56 Å². The highest BCUT2D eigenvalue weighted by Gasteiger charge is 2.25. The van der Waals surface area contributed by atoms with Gasteiger partial charge in [0.2, 0.25) is 5.95 Å². The average Bonchev–Trinajstić information content (AvgIpc) is 2.89. The Labute approximate surface area is 136 Å². The van der Waals surface area contributed by atoms with Crippen molar-refractivity contribution in [3.63, 3.8) is 0 Å². The Morgan fingerprint density at radius 2 is 1.78 bits per heavy atom. The van der Waals surface area contributed by atoms with Crippen molar-refractivity contribution in [3.8, 4) is 0 Å². The van der Waals surface area contributed by atoms with Gasteiger partial charge in [0.15, 0.2) is 0 Å². The fourth-order valence-electron chi connectivity index (χ4n) is 3.24. The Morgan fingerprint density at radius 1 is 1.13 bits per heavy atom. The summed E-state index contributed by atoms with van der Waals surface area (Å²) in [5, 5.41) is 0. The molecule has 0 aliphatic carbocycles. The van der Waals surface area contributed by atoms with Crippen LogP contribution in [0, 0.1) is 13.8 Å². The maximum atomic E-state index is 12.8. The van der Waals surface area contributed by atoms with E-state index < -0.39 is 0 Å². The second-order valence-corrected chi connectivity index (χ2v) is 5.86. The third kappa shape index (κ3) is 2.93. The molecule has 1 fully saturated rings. The molecular weight excluding hydrogens is 290 g/mol. The first-order chi connectivity index (χ1) is 11.1. The topological polar surface area (TPSA) is 54.3 Å². The molecule has 0 N–H and O–H groups in total. The third-order valence-electron chi connectivity index (χ3n) is 4.52. The van der Waals surface area contributed by atoms with E-state index in [-0.39, 0.29) is 5.91 Å². The van der Waals surface area contributed by atoms with Crippen LogP contribution in [-0.2, 0) is 6.54 Å². The molecule has 122 valence electrons. The van der Waals surface area contributed by atoms with Crippen LogP contribution in [0.25, 0.3) is 0 Å². The van der Waals surface area contributed by atoms with Crippen LogP contribution in [0.3, 0.4) is 0 Å². The minimum absolute atomic E-state index is 0.131. The zero-order valence-electron chi connectivity index (χ0n) is 14.0. The van der Waals surface area contributed by atoms with Gasteiger partial charge in [-0.3, -0.25) is 4.79 Å². The van der Waals surface area contributed by atoms with Crippen LogP contribution in [-0.4, -0.2) is 51.5 Å². The fraction of sp³-hybridized carbons (Fsp3) is 0.471. The Morgan fingerprint density at radius 3 is 2.35 bits per heavy atom. The Kier molecular flexibility index (Phi) is 4.32. The number of aryl methyl sites for hydroxylation is 1. The van der Waals surface area contributed by atoms with E-state index in [9.17, 15) is 4.79 Å². The monoisotopic (exact) mass is 313 g/mol. The van der Waals surface area contributed by atoms with E-state index in [0.717, 1.165) is 42.5 Å². The zero-order chi connectivity index (χ0) is 16.4. The lowest BCUT2D eigenvalue weighted by molar-refractivity contribution is 0.0745. The Bertz CT molecular complexity index is 687. The summed E-state index contributed by atoms with van der Waals surface area (Å²) < 4.78 is 2.18. The lowest BCUT2D eigenvalue weighted by Gasteiger charge is -2.34. The number of carbonyl (C=O) groups excluding carboxylic acids is 1. The lowest BCUT2D eigenvalue weighted by Crippen LogP contribution is -2.49. The number of hydrogen-bond donors (Lipinski definition) is 0. The average molecular weight is 313 g/mol. The maximum absolute atomic E-state index is 12.8. The largest absolute Gasteiger partial charge is 0.349 e. The molecule has 0 radical (unpaired) electrons. The SMILES string of the molecule is CCn1c(C)cc(C(=O)N2CCN(c3ncccn3)CC2)c1C. The lowest BCUT2D eigenvalue weighted by atomic mass is 10.2. The van der Waals surface area contributed by atoms with Crippen molar-refractivity contribution in [2.24, 2.45) is 0 Å². The number of carbonyl (C=O) groups is 1. The number of hydrogen-bond acceptors (Lipinski definition) is 4. The summed E-state index contributed by atoms with van der Waals surface area (Å²) in [6.07, 6.45) is 3.50. The molecule has 2 aromatic rings. The van der Waals surface area contributed by atoms with Crippen molar-refractivity contribution in [2.75, 3.05) is 31.1 Å². The normalized spacial score (nSPS) is 15.1. The molecular formula is C17H23N5O. The molecule has 1 aliphatic rings. The molecule has 1 saturated heterocycles. The molecule has 1 amide bonds. The second-order valence-electron chi connectivity index (χ2n) is 5.86. The van der Waals surface area contributed by atoms with E-state index in [2.05, 4.69) is 33.3 Å². The molecule has 0 saturated carbocycles. The summed E-state index contributed by atoms with van der Waals surface area (Å²) in [5.74, 6) is 0.871. The molecule has 3 rings (SSSR count). The van der Waals surface area contributed by atoms with Crippen LogP contribution in [0.15, 0.2) is 24.5 Å². The Balaban J connectivity index is 1.69. The van der Waals surface area contributed by atoms with Crippen LogP contribution in [0.2, 0.25) is 0 Å². The van der Waals surface area contributed by atoms with E-state index in [1.165, 1.54) is 0 Å². The first-order valence-corrected chi connectivity index (χ1v) is 8.09. The molecule has 0 spiro atoms. The highest BCUT2D eigenvalue weighted by atomic mass is 16.2. The number of nitrogens with zero attached hydrogens (tertiary/aromatic N) is 5. The predicted octanol–water partition coefficient (Wildman–Crippen LogP) is 1.88. The number of aromatic nitrogens is 3. The standard InChI is InChI=1S/C17H23N5O/c1-4-22-13(2)12-15(14(22)3)16(23)20-8-10-21(11-9-20)17-18-6-5-7-19-17/h5-7,12H,4,8-11H2,1-3H3. The van der Waals surface area contributed by atoms with Gasteiger partial charge in [-0.15, -0.1) is 0 Å². The first kappa shape index (κ1) is 15.5. The number of amides is 1. The summed E-state index contributed by atoms with van der Waals surface area (Å²) in [7, 11) is 0. The maximum Gasteiger partial charge on any atom is 0.255 e. The van der Waals surface area contributed by atoms with E-state index in [4.69, 9.17) is 0 Å². The van der Waals surface area contributed by atoms with Gasteiger partial charge < -0.3 is 14.4 Å². The second kappa shape index (κ2) is 6.40. The Hall–Kier alpha value is -2.37. The van der Waals surface area contributed by atoms with Crippen molar-refractivity contribution in [1.82, 2.24) is 19.4 Å². The van der Waals surface area contributed by atoms with Crippen LogP contribution >= 0.6 is 0 Å². The molecule has 0 aromatic carbocycles. The van der Waals surface area contributed by atoms with Crippen molar-refractivity contribution >= 4 is 11.9 Å². The minimum Gasteiger partial charge on any atom is -0.349 e. The molecule has 6 heteroatoms. The van der Waals surface area contributed by atoms with E-state index in [1.54, 1.807) is 12.4 Å². The number of anilines is 1. The van der Waals surface area contributed by atoms with E-state index in [1.807, 2.05) is 24.0 Å². The smallest absolute Gasteiger partial charge is 0.255 e. The number of piperazine rings is 1. The van der Waals surface area contributed by atoms with Gasteiger partial charge in [-0.25, -0.2) is 9.97 Å². The van der Waals surface area contributed by atoms with Gasteiger partial charge >= 0.3 is 0 Å². The zero-order valence-corrected chi connectivity index (χ0v) is 14.0. The first-order valence-electron chi connectivity index (χ1n) is 8.09. The van der Waals surface area contributed by atoms with Crippen molar-refractivity contribution < 1.29 is 4.79 Å². The summed E-state index contributed by atoms with van der Waals surface area (Å²) in [6.45, 7) is 10.0. The fourth-order valence-corrected chi connectivity index (χ4v) is 3.24. The molecule has 3 heterocycles. The molecule has 0 bridgehead atoms. The highest BCUT2D eigenvalue weighted by molar-refractivity contribution is 5.95. The van der Waals surface area contributed by atoms with Gasteiger partial charge in [-0.05, 0) is 32.9 Å². The van der Waals surface area contributed by atoms with Gasteiger partial charge in [0.25, 0.3) is 5.91 Å². The molecule has 2 aromatic heterocycles. The summed E-state index contributed by atoms with van der Waals surface area (Å²) in [4.78, 5) is 25.4. The van der Waals surface area contributed by atoms with E-state index >= 15 is 0 Å². The van der Waals surface area contributed by atoms with Crippen molar-refractivity contribution in [3.05, 3.63) is 41.5 Å². The van der Waals surface area contributed by atoms with Crippen LogP contribution in [0.5, 0.6) is 0 Å². The summed E-state index contributed by atoms with van der Waals surface area (Å²) >= 11 is 0. The molecule has 23 heavy (non-hydrogen) atoms. The third-order valence-corrected chi connectivity index (χ3v) is 4.52. The van der Waals surface area contributed by atoms with Gasteiger partial charge in [0.1, 0.15) is 0 Å². The summed E-state index contributed by atoms with van der Waals surface area (Å²) in [6, 6.07) is 3.82. The van der Waals surface area contributed by atoms with Crippen molar-refractivity contribution in [2.45, 2.75) is 27.3 Å². The van der Waals surface area contributed by atoms with E-state index in [0.29, 0.717) is 13.1 Å². The molecule has 0 unspecified atom stereocenters. The molecule has 0 atom stereocenters. The van der Waals surface area contributed by atoms with Crippen molar-refractivity contribution in [1.29, 1.82) is 0 Å². The van der Waals surface area contributed by atoms with Gasteiger partial charge in [-0.1, -0.05) is 0 Å². The quantitative estimate of drug-likeness (QED) is 0.868. The summed E-state index contributed by atoms with van der Waals surface area (Å²) in [5.41, 5.74) is 3.03. The van der Waals surface area contributed by atoms with Gasteiger partial charge in [0, 0.05) is 56.5 Å². The molecule has 1 aliphatic heterocycles. The van der Waals surface area contributed by atoms with Crippen LogP contribution in [0.4, 0.5) is 5.95 Å². The minimum atomic E-state index is 0.131.